The van der Waals surface area contributed by atoms with Crippen molar-refractivity contribution < 1.29 is 32.7 Å². The highest BCUT2D eigenvalue weighted by molar-refractivity contribution is 6.04. The van der Waals surface area contributed by atoms with E-state index in [0.717, 1.165) is 0 Å². The summed E-state index contributed by atoms with van der Waals surface area (Å²) >= 11 is 0. The molecule has 2 amide bonds. The third-order valence-corrected chi connectivity index (χ3v) is 4.27. The summed E-state index contributed by atoms with van der Waals surface area (Å²) in [4.78, 5) is 36.4. The molecule has 0 aliphatic rings. The van der Waals surface area contributed by atoms with Crippen LogP contribution in [0, 0.1) is 12.8 Å². The molecule has 1 aromatic carbocycles. The average molecular weight is 402 g/mol. The normalized spacial score (nSPS) is 15.0. The maximum Gasteiger partial charge on any atom is 0.471 e. The zero-order valence-electron chi connectivity index (χ0n) is 16.2. The van der Waals surface area contributed by atoms with Gasteiger partial charge in [-0.05, 0) is 37.3 Å². The molecule has 3 N–H and O–H groups in total. The highest BCUT2D eigenvalue weighted by atomic mass is 19.4. The van der Waals surface area contributed by atoms with Crippen molar-refractivity contribution in [1.82, 2.24) is 4.90 Å². The number of carboxylic acids is 1. The van der Waals surface area contributed by atoms with Crippen molar-refractivity contribution >= 4 is 17.8 Å². The van der Waals surface area contributed by atoms with Gasteiger partial charge in [-0.3, -0.25) is 14.5 Å². The summed E-state index contributed by atoms with van der Waals surface area (Å²) in [6, 6.07) is 4.40. The Morgan fingerprint density at radius 1 is 1.14 bits per heavy atom. The van der Waals surface area contributed by atoms with Crippen LogP contribution < -0.4 is 5.73 Å². The molecule has 0 saturated carbocycles. The van der Waals surface area contributed by atoms with Gasteiger partial charge in [0, 0.05) is 6.42 Å². The van der Waals surface area contributed by atoms with E-state index < -0.39 is 42.0 Å². The van der Waals surface area contributed by atoms with Crippen LogP contribution in [0.1, 0.15) is 38.3 Å². The number of nitrogens with two attached hydrogens (primary N) is 1. The van der Waals surface area contributed by atoms with Crippen LogP contribution in [0.2, 0.25) is 0 Å². The van der Waals surface area contributed by atoms with Gasteiger partial charge in [0.25, 0.3) is 0 Å². The van der Waals surface area contributed by atoms with E-state index in [9.17, 15) is 32.7 Å². The molecule has 0 saturated heterocycles. The summed E-state index contributed by atoms with van der Waals surface area (Å²) in [6.45, 7) is 6.25. The van der Waals surface area contributed by atoms with Crippen LogP contribution in [-0.2, 0) is 20.8 Å². The molecule has 0 spiro atoms. The third kappa shape index (κ3) is 5.79. The fraction of sp³-hybridized carbons (Fsp3) is 0.526. The zero-order chi connectivity index (χ0) is 21.9. The predicted molar refractivity (Wildman–Crippen MR) is 96.3 cm³/mol. The van der Waals surface area contributed by atoms with Gasteiger partial charge >= 0.3 is 18.1 Å². The Morgan fingerprint density at radius 3 is 2.11 bits per heavy atom. The molecule has 6 nitrogen and oxygen atoms in total. The number of hydrogen-bond acceptors (Lipinski definition) is 4. The van der Waals surface area contributed by atoms with Crippen LogP contribution in [0.5, 0.6) is 0 Å². The minimum Gasteiger partial charge on any atom is -0.480 e. The lowest BCUT2D eigenvalue weighted by molar-refractivity contribution is -0.193. The van der Waals surface area contributed by atoms with E-state index in [2.05, 4.69) is 0 Å². The molecule has 0 heterocycles. The first kappa shape index (κ1) is 23.6. The Balaban J connectivity index is 3.45. The first-order chi connectivity index (χ1) is 12.7. The number of carbonyl (C=O) groups is 3. The van der Waals surface area contributed by atoms with Crippen molar-refractivity contribution in [2.75, 3.05) is 0 Å². The van der Waals surface area contributed by atoms with Gasteiger partial charge < -0.3 is 10.8 Å². The predicted octanol–water partition coefficient (Wildman–Crippen LogP) is 2.67. The number of nitrogens with zero attached hydrogens (tertiary/aromatic N) is 1. The molecule has 0 radical (unpaired) electrons. The topological polar surface area (TPSA) is 101 Å². The lowest BCUT2D eigenvalue weighted by Crippen LogP contribution is -2.62. The van der Waals surface area contributed by atoms with Crippen LogP contribution in [0.4, 0.5) is 13.2 Å². The van der Waals surface area contributed by atoms with E-state index in [1.807, 2.05) is 0 Å². The summed E-state index contributed by atoms with van der Waals surface area (Å²) in [5.41, 5.74) is 5.09. The number of rotatable bonds is 7. The molecule has 1 rings (SSSR count). The molecule has 0 aromatic heterocycles. The number of aryl methyl sites for hydroxylation is 1. The van der Waals surface area contributed by atoms with Crippen LogP contribution in [0.25, 0.3) is 0 Å². The van der Waals surface area contributed by atoms with E-state index in [1.165, 1.54) is 13.0 Å². The van der Waals surface area contributed by atoms with Crippen molar-refractivity contribution in [3.63, 3.8) is 0 Å². The molecule has 0 bridgehead atoms. The number of benzene rings is 1. The molecule has 0 fully saturated rings. The molecular formula is C19H25F3N2O4. The highest BCUT2D eigenvalue weighted by Gasteiger charge is 2.52. The van der Waals surface area contributed by atoms with E-state index >= 15 is 0 Å². The Hall–Kier alpha value is -2.42. The van der Waals surface area contributed by atoms with E-state index in [4.69, 9.17) is 5.73 Å². The zero-order valence-corrected chi connectivity index (χ0v) is 16.2. The number of halogens is 3. The van der Waals surface area contributed by atoms with E-state index in [1.54, 1.807) is 39.0 Å². The van der Waals surface area contributed by atoms with Crippen molar-refractivity contribution in [2.45, 2.75) is 58.3 Å². The number of amides is 2. The van der Waals surface area contributed by atoms with Crippen LogP contribution in [-0.4, -0.2) is 45.5 Å². The van der Waals surface area contributed by atoms with Gasteiger partial charge in [0.1, 0.15) is 6.04 Å². The van der Waals surface area contributed by atoms with Gasteiger partial charge in [0.2, 0.25) is 5.91 Å². The summed E-state index contributed by atoms with van der Waals surface area (Å²) in [5, 5.41) is 9.55. The standard InChI is InChI=1S/C19H25F3N2O4/c1-11(2)10-18(4,23)16(27)24(17(28)19(20,21)22)14(15(25)26)9-13-8-6-5-7-12(13)3/h5-8,11,14H,9-10,23H2,1-4H3,(H,25,26). The number of aliphatic carboxylic acids is 1. The molecular weight excluding hydrogens is 377 g/mol. The maximum absolute atomic E-state index is 13.2. The smallest absolute Gasteiger partial charge is 0.471 e. The average Bonchev–Trinajstić information content (AvgIpc) is 2.53. The van der Waals surface area contributed by atoms with Crippen molar-refractivity contribution in [2.24, 2.45) is 11.7 Å². The van der Waals surface area contributed by atoms with Crippen LogP contribution >= 0.6 is 0 Å². The van der Waals surface area contributed by atoms with Crippen molar-refractivity contribution in [3.8, 4) is 0 Å². The Labute approximate surface area is 161 Å². The third-order valence-electron chi connectivity index (χ3n) is 4.27. The molecule has 2 atom stereocenters. The van der Waals surface area contributed by atoms with E-state index in [0.29, 0.717) is 11.1 Å². The minimum atomic E-state index is -5.43. The van der Waals surface area contributed by atoms with Gasteiger partial charge in [-0.25, -0.2) is 4.79 Å². The fourth-order valence-electron chi connectivity index (χ4n) is 3.06. The van der Waals surface area contributed by atoms with E-state index in [-0.39, 0.29) is 17.2 Å². The maximum atomic E-state index is 13.2. The van der Waals surface area contributed by atoms with Crippen molar-refractivity contribution in [1.29, 1.82) is 0 Å². The summed E-state index contributed by atoms with van der Waals surface area (Å²) in [5.74, 6) is -5.81. The van der Waals surface area contributed by atoms with Crippen molar-refractivity contribution in [3.05, 3.63) is 35.4 Å². The quantitative estimate of drug-likeness (QED) is 0.730. The first-order valence-corrected chi connectivity index (χ1v) is 8.69. The van der Waals surface area contributed by atoms with Gasteiger partial charge in [-0.15, -0.1) is 0 Å². The van der Waals surface area contributed by atoms with Gasteiger partial charge in [-0.2, -0.15) is 13.2 Å². The van der Waals surface area contributed by atoms with Crippen LogP contribution in [0.15, 0.2) is 24.3 Å². The first-order valence-electron chi connectivity index (χ1n) is 8.69. The fourth-order valence-corrected chi connectivity index (χ4v) is 3.06. The number of hydrogen-bond donors (Lipinski definition) is 2. The Kier molecular flexibility index (Phi) is 7.36. The number of imide groups is 1. The second kappa shape index (κ2) is 8.72. The second-order valence-electron chi connectivity index (χ2n) is 7.48. The molecule has 0 aliphatic carbocycles. The van der Waals surface area contributed by atoms with Gasteiger partial charge in [-0.1, -0.05) is 38.1 Å². The lowest BCUT2D eigenvalue weighted by atomic mass is 9.89. The summed E-state index contributed by atoms with van der Waals surface area (Å²) < 4.78 is 39.5. The molecule has 1 aromatic rings. The SMILES string of the molecule is Cc1ccccc1CC(C(=O)O)N(C(=O)C(F)(F)F)C(=O)C(C)(N)CC(C)C. The molecule has 156 valence electrons. The Morgan fingerprint density at radius 2 is 1.68 bits per heavy atom. The lowest BCUT2D eigenvalue weighted by Gasteiger charge is -2.35. The summed E-state index contributed by atoms with van der Waals surface area (Å²) in [6.07, 6.45) is -5.92. The molecule has 28 heavy (non-hydrogen) atoms. The highest BCUT2D eigenvalue weighted by Crippen LogP contribution is 2.26. The molecule has 0 aliphatic heterocycles. The Bertz CT molecular complexity index is 745. The molecule has 9 heteroatoms. The summed E-state index contributed by atoms with van der Waals surface area (Å²) in [7, 11) is 0. The number of carbonyl (C=O) groups excluding carboxylic acids is 2. The largest absolute Gasteiger partial charge is 0.480 e. The minimum absolute atomic E-state index is 0.0236. The number of alkyl halides is 3. The van der Waals surface area contributed by atoms with Gasteiger partial charge in [0.15, 0.2) is 0 Å². The molecule has 2 unspecified atom stereocenters. The second-order valence-corrected chi connectivity index (χ2v) is 7.48. The van der Waals surface area contributed by atoms with Crippen LogP contribution in [0.3, 0.4) is 0 Å². The number of carboxylic acid groups (broad SMARTS) is 1. The monoisotopic (exact) mass is 402 g/mol. The van der Waals surface area contributed by atoms with Gasteiger partial charge in [0.05, 0.1) is 5.54 Å².